The topological polar surface area (TPSA) is 67.9 Å². The maximum absolute atomic E-state index is 10.3. The van der Waals surface area contributed by atoms with Crippen molar-refractivity contribution in [1.82, 2.24) is 19.9 Å². The lowest BCUT2D eigenvalue weighted by Gasteiger charge is -2.08. The molecular formula is C20H22N4O. The molecule has 0 radical (unpaired) electrons. The van der Waals surface area contributed by atoms with Crippen LogP contribution in [0.25, 0.3) is 33.3 Å². The number of hydrogen-bond donors (Lipinski definition) is 3. The Hall–Kier alpha value is -2.79. The van der Waals surface area contributed by atoms with Crippen molar-refractivity contribution in [3.05, 3.63) is 48.0 Å². The Kier molecular flexibility index (Phi) is 3.93. The van der Waals surface area contributed by atoms with E-state index in [2.05, 4.69) is 46.1 Å². The first-order valence-corrected chi connectivity index (χ1v) is 8.55. The quantitative estimate of drug-likeness (QED) is 0.518. The monoisotopic (exact) mass is 334 g/mol. The number of rotatable bonds is 5. The lowest BCUT2D eigenvalue weighted by atomic mass is 10.1. The number of imidazole rings is 1. The molecule has 2 aromatic heterocycles. The van der Waals surface area contributed by atoms with Gasteiger partial charge in [-0.25, -0.2) is 4.98 Å². The van der Waals surface area contributed by atoms with Gasteiger partial charge in [0, 0.05) is 10.9 Å². The summed E-state index contributed by atoms with van der Waals surface area (Å²) in [6.45, 7) is 1.08. The van der Waals surface area contributed by atoms with Crippen LogP contribution in [0, 0.1) is 0 Å². The van der Waals surface area contributed by atoms with Gasteiger partial charge in [-0.2, -0.15) is 0 Å². The summed E-state index contributed by atoms with van der Waals surface area (Å²) >= 11 is 0. The highest BCUT2D eigenvalue weighted by Crippen LogP contribution is 2.35. The van der Waals surface area contributed by atoms with E-state index in [0.717, 1.165) is 46.9 Å². The van der Waals surface area contributed by atoms with E-state index in [1.807, 2.05) is 30.3 Å². The van der Waals surface area contributed by atoms with E-state index < -0.39 is 0 Å². The van der Waals surface area contributed by atoms with Crippen molar-refractivity contribution in [1.29, 1.82) is 0 Å². The summed E-state index contributed by atoms with van der Waals surface area (Å²) in [7, 11) is 4.19. The van der Waals surface area contributed by atoms with Crippen LogP contribution in [0.1, 0.15) is 12.0 Å². The van der Waals surface area contributed by atoms with Gasteiger partial charge in [0.15, 0.2) is 0 Å². The molecule has 2 heterocycles. The first-order valence-electron chi connectivity index (χ1n) is 8.55. The number of nitrogens with one attached hydrogen (secondary N) is 2. The molecule has 0 aliphatic carbocycles. The number of aromatic amines is 2. The minimum absolute atomic E-state index is 0.145. The molecule has 0 saturated carbocycles. The van der Waals surface area contributed by atoms with E-state index in [-0.39, 0.29) is 5.88 Å². The molecule has 25 heavy (non-hydrogen) atoms. The van der Waals surface area contributed by atoms with Crippen LogP contribution in [0.4, 0.5) is 0 Å². The predicted molar refractivity (Wildman–Crippen MR) is 102 cm³/mol. The molecule has 5 nitrogen and oxygen atoms in total. The molecule has 0 atom stereocenters. The number of aromatic hydroxyl groups is 1. The van der Waals surface area contributed by atoms with Crippen LogP contribution >= 0.6 is 0 Å². The molecule has 0 saturated heterocycles. The van der Waals surface area contributed by atoms with E-state index in [9.17, 15) is 5.11 Å². The predicted octanol–water partition coefficient (Wildman–Crippen LogP) is 3.91. The van der Waals surface area contributed by atoms with Gasteiger partial charge in [0.2, 0.25) is 5.88 Å². The summed E-state index contributed by atoms with van der Waals surface area (Å²) in [6, 6.07) is 14.2. The fourth-order valence-corrected chi connectivity index (χ4v) is 3.30. The van der Waals surface area contributed by atoms with E-state index in [1.165, 1.54) is 5.56 Å². The Morgan fingerprint density at radius 3 is 2.72 bits per heavy atom. The largest absolute Gasteiger partial charge is 0.494 e. The van der Waals surface area contributed by atoms with E-state index in [4.69, 9.17) is 0 Å². The zero-order chi connectivity index (χ0) is 17.4. The molecule has 4 aromatic rings. The lowest BCUT2D eigenvalue weighted by Crippen LogP contribution is -2.13. The summed E-state index contributed by atoms with van der Waals surface area (Å²) in [4.78, 5) is 13.3. The second-order valence-corrected chi connectivity index (χ2v) is 6.74. The molecule has 0 amide bonds. The molecule has 2 aromatic carbocycles. The summed E-state index contributed by atoms with van der Waals surface area (Å²) < 4.78 is 0. The maximum Gasteiger partial charge on any atom is 0.200 e. The average Bonchev–Trinajstić information content (AvgIpc) is 3.13. The van der Waals surface area contributed by atoms with Crippen molar-refractivity contribution in [3.8, 4) is 17.3 Å². The third kappa shape index (κ3) is 2.98. The Bertz CT molecular complexity index is 1030. The maximum atomic E-state index is 10.3. The highest BCUT2D eigenvalue weighted by Gasteiger charge is 2.16. The number of para-hydroxylation sites is 1. The standard InChI is InChI=1S/C20H22N4O/c1-24(2)11-5-6-13-9-10-16-17(12-13)22-19(21-16)18-14-7-3-4-8-15(14)23-20(18)25/h3-4,7-10,12,23,25H,5-6,11H2,1-2H3,(H,21,22). The third-order valence-corrected chi connectivity index (χ3v) is 4.54. The third-order valence-electron chi connectivity index (χ3n) is 4.54. The number of benzene rings is 2. The number of nitrogens with zero attached hydrogens (tertiary/aromatic N) is 2. The first kappa shape index (κ1) is 15.7. The molecule has 0 aliphatic rings. The van der Waals surface area contributed by atoms with Crippen molar-refractivity contribution in [2.24, 2.45) is 0 Å². The van der Waals surface area contributed by atoms with E-state index in [0.29, 0.717) is 5.82 Å². The Morgan fingerprint density at radius 2 is 1.88 bits per heavy atom. The number of hydrogen-bond acceptors (Lipinski definition) is 3. The second-order valence-electron chi connectivity index (χ2n) is 6.74. The fourth-order valence-electron chi connectivity index (χ4n) is 3.30. The zero-order valence-corrected chi connectivity index (χ0v) is 14.5. The van der Waals surface area contributed by atoms with Crippen LogP contribution < -0.4 is 0 Å². The molecular weight excluding hydrogens is 312 g/mol. The van der Waals surface area contributed by atoms with Crippen LogP contribution in [0.5, 0.6) is 5.88 Å². The van der Waals surface area contributed by atoms with Crippen LogP contribution in [-0.2, 0) is 6.42 Å². The molecule has 4 rings (SSSR count). The van der Waals surface area contributed by atoms with E-state index >= 15 is 0 Å². The molecule has 0 bridgehead atoms. The van der Waals surface area contributed by atoms with Gasteiger partial charge in [-0.1, -0.05) is 24.3 Å². The molecule has 0 fully saturated rings. The number of fused-ring (bicyclic) bond motifs is 2. The second kappa shape index (κ2) is 6.26. The molecule has 0 spiro atoms. The van der Waals surface area contributed by atoms with Crippen molar-refractivity contribution in [2.45, 2.75) is 12.8 Å². The number of aryl methyl sites for hydroxylation is 1. The average molecular weight is 334 g/mol. The molecule has 3 N–H and O–H groups in total. The fraction of sp³-hybridized carbons (Fsp3) is 0.250. The smallest absolute Gasteiger partial charge is 0.200 e. The van der Waals surface area contributed by atoms with Crippen LogP contribution in [0.3, 0.4) is 0 Å². The summed E-state index contributed by atoms with van der Waals surface area (Å²) in [5.41, 5.74) is 4.84. The molecule has 128 valence electrons. The van der Waals surface area contributed by atoms with Crippen molar-refractivity contribution < 1.29 is 5.11 Å². The van der Waals surface area contributed by atoms with Crippen molar-refractivity contribution in [2.75, 3.05) is 20.6 Å². The Balaban J connectivity index is 1.70. The normalized spacial score (nSPS) is 11.8. The Morgan fingerprint density at radius 1 is 1.04 bits per heavy atom. The molecule has 0 aliphatic heterocycles. The van der Waals surface area contributed by atoms with Crippen LogP contribution in [0.15, 0.2) is 42.5 Å². The van der Waals surface area contributed by atoms with Crippen molar-refractivity contribution in [3.63, 3.8) is 0 Å². The zero-order valence-electron chi connectivity index (χ0n) is 14.5. The van der Waals surface area contributed by atoms with Gasteiger partial charge in [0.1, 0.15) is 5.82 Å². The summed E-state index contributed by atoms with van der Waals surface area (Å²) in [5, 5.41) is 11.3. The van der Waals surface area contributed by atoms with Gasteiger partial charge >= 0.3 is 0 Å². The minimum atomic E-state index is 0.145. The minimum Gasteiger partial charge on any atom is -0.494 e. The number of aromatic nitrogens is 3. The van der Waals surface area contributed by atoms with Crippen LogP contribution in [0.2, 0.25) is 0 Å². The van der Waals surface area contributed by atoms with E-state index in [1.54, 1.807) is 0 Å². The van der Waals surface area contributed by atoms with Gasteiger partial charge < -0.3 is 20.0 Å². The number of H-pyrrole nitrogens is 2. The van der Waals surface area contributed by atoms with Crippen molar-refractivity contribution >= 4 is 21.9 Å². The van der Waals surface area contributed by atoms with Gasteiger partial charge in [-0.05, 0) is 57.2 Å². The van der Waals surface area contributed by atoms with Gasteiger partial charge in [-0.15, -0.1) is 0 Å². The van der Waals surface area contributed by atoms with Gasteiger partial charge in [0.05, 0.1) is 16.6 Å². The Labute approximate surface area is 146 Å². The van der Waals surface area contributed by atoms with Crippen LogP contribution in [-0.4, -0.2) is 45.6 Å². The lowest BCUT2D eigenvalue weighted by molar-refractivity contribution is 0.400. The highest BCUT2D eigenvalue weighted by atomic mass is 16.3. The highest BCUT2D eigenvalue weighted by molar-refractivity contribution is 5.98. The first-order chi connectivity index (χ1) is 12.1. The van der Waals surface area contributed by atoms with Gasteiger partial charge in [0.25, 0.3) is 0 Å². The SMILES string of the molecule is CN(C)CCCc1ccc2nc(-c3c(O)[nH]c4ccccc34)[nH]c2c1. The van der Waals surface area contributed by atoms with Gasteiger partial charge in [-0.3, -0.25) is 0 Å². The molecule has 0 unspecified atom stereocenters. The molecule has 5 heteroatoms. The summed E-state index contributed by atoms with van der Waals surface area (Å²) in [5.74, 6) is 0.835. The summed E-state index contributed by atoms with van der Waals surface area (Å²) in [6.07, 6.45) is 2.17.